The second-order valence-electron chi connectivity index (χ2n) is 10.2. The second-order valence-corrected chi connectivity index (χ2v) is 13.9. The Morgan fingerprint density at radius 2 is 1.63 bits per heavy atom. The molecule has 3 aromatic carbocycles. The molecule has 0 saturated heterocycles. The Labute approximate surface area is 260 Å². The van der Waals surface area contributed by atoms with Gasteiger partial charge in [0, 0.05) is 28.5 Å². The molecule has 1 saturated carbocycles. The molecule has 2 amide bonds. The van der Waals surface area contributed by atoms with Crippen LogP contribution in [0, 0.1) is 0 Å². The molecule has 0 unspecified atom stereocenters. The Hall–Kier alpha value is -2.59. The van der Waals surface area contributed by atoms with Crippen LogP contribution in [0.15, 0.2) is 77.3 Å². The van der Waals surface area contributed by atoms with Crippen molar-refractivity contribution in [2.24, 2.45) is 0 Å². The maximum absolute atomic E-state index is 14.2. The van der Waals surface area contributed by atoms with Gasteiger partial charge < -0.3 is 10.2 Å². The van der Waals surface area contributed by atoms with Gasteiger partial charge in [-0.1, -0.05) is 94.4 Å². The van der Waals surface area contributed by atoms with Gasteiger partial charge >= 0.3 is 0 Å². The number of nitrogens with zero attached hydrogens (tertiary/aromatic N) is 2. The van der Waals surface area contributed by atoms with Crippen molar-refractivity contribution >= 4 is 66.7 Å². The van der Waals surface area contributed by atoms with Crippen LogP contribution in [0.1, 0.15) is 36.8 Å². The first-order valence-electron chi connectivity index (χ1n) is 13.3. The van der Waals surface area contributed by atoms with E-state index in [1.807, 2.05) is 54.6 Å². The summed E-state index contributed by atoms with van der Waals surface area (Å²) in [7, 11) is -3.95. The van der Waals surface area contributed by atoms with Crippen molar-refractivity contribution in [3.63, 3.8) is 0 Å². The first-order valence-corrected chi connectivity index (χ1v) is 16.7. The van der Waals surface area contributed by atoms with Gasteiger partial charge in [-0.25, -0.2) is 8.42 Å². The van der Waals surface area contributed by atoms with Gasteiger partial charge in [0.15, 0.2) is 0 Å². The predicted octanol–water partition coefficient (Wildman–Crippen LogP) is 6.22. The summed E-state index contributed by atoms with van der Waals surface area (Å²) in [5.41, 5.74) is 1.76. The lowest BCUT2D eigenvalue weighted by Gasteiger charge is -2.34. The number of anilines is 1. The molecule has 4 rings (SSSR count). The highest BCUT2D eigenvalue weighted by atomic mass is 79.9. The van der Waals surface area contributed by atoms with Crippen molar-refractivity contribution in [2.75, 3.05) is 17.1 Å². The molecule has 1 atom stereocenters. The van der Waals surface area contributed by atoms with Gasteiger partial charge in [-0.05, 0) is 54.3 Å². The minimum atomic E-state index is -3.95. The zero-order chi connectivity index (χ0) is 29.6. The van der Waals surface area contributed by atoms with E-state index in [1.165, 1.54) is 17.0 Å². The number of carbonyl (C=O) groups excluding carboxylic acids is 2. The molecule has 11 heteroatoms. The van der Waals surface area contributed by atoms with Crippen LogP contribution in [0.3, 0.4) is 0 Å². The number of nitrogens with one attached hydrogen (secondary N) is 1. The highest BCUT2D eigenvalue weighted by molar-refractivity contribution is 9.10. The SMILES string of the molecule is CS(=O)(=O)N(CC(=O)N(Cc1ccc(Br)cc1)[C@@H](Cc1ccccc1)C(=O)NC1CCCC1)c1cc(Cl)ccc1Cl. The summed E-state index contributed by atoms with van der Waals surface area (Å²) in [6.45, 7) is -0.458. The van der Waals surface area contributed by atoms with Crippen LogP contribution in [0.25, 0.3) is 0 Å². The third-order valence-electron chi connectivity index (χ3n) is 7.09. The number of halogens is 3. The van der Waals surface area contributed by atoms with E-state index < -0.39 is 28.5 Å². The minimum Gasteiger partial charge on any atom is -0.352 e. The number of amides is 2. The summed E-state index contributed by atoms with van der Waals surface area (Å²) in [5, 5.41) is 3.56. The number of benzene rings is 3. The van der Waals surface area contributed by atoms with Crippen LogP contribution in [0.5, 0.6) is 0 Å². The number of rotatable bonds is 11. The van der Waals surface area contributed by atoms with Gasteiger partial charge in [-0.3, -0.25) is 13.9 Å². The van der Waals surface area contributed by atoms with E-state index in [4.69, 9.17) is 23.2 Å². The third kappa shape index (κ3) is 8.70. The Morgan fingerprint density at radius 1 is 0.976 bits per heavy atom. The molecule has 0 radical (unpaired) electrons. The van der Waals surface area contributed by atoms with Crippen LogP contribution >= 0.6 is 39.1 Å². The molecular formula is C30H32BrCl2N3O4S. The van der Waals surface area contributed by atoms with Gasteiger partial charge in [0.2, 0.25) is 21.8 Å². The van der Waals surface area contributed by atoms with E-state index in [1.54, 1.807) is 6.07 Å². The van der Waals surface area contributed by atoms with Crippen LogP contribution in [0.2, 0.25) is 10.0 Å². The zero-order valence-electron chi connectivity index (χ0n) is 22.6. The molecule has 1 fully saturated rings. The quantitative estimate of drug-likeness (QED) is 0.261. The van der Waals surface area contributed by atoms with Crippen LogP contribution in [-0.2, 0) is 32.6 Å². The Morgan fingerprint density at radius 3 is 2.27 bits per heavy atom. The molecule has 0 bridgehead atoms. The number of hydrogen-bond donors (Lipinski definition) is 1. The minimum absolute atomic E-state index is 0.0446. The van der Waals surface area contributed by atoms with Crippen molar-refractivity contribution < 1.29 is 18.0 Å². The largest absolute Gasteiger partial charge is 0.352 e. The number of hydrogen-bond acceptors (Lipinski definition) is 4. The fraction of sp³-hybridized carbons (Fsp3) is 0.333. The highest BCUT2D eigenvalue weighted by Crippen LogP contribution is 2.31. The van der Waals surface area contributed by atoms with Crippen molar-refractivity contribution in [2.45, 2.75) is 50.7 Å². The van der Waals surface area contributed by atoms with Gasteiger partial charge in [0.25, 0.3) is 0 Å². The average molecular weight is 681 g/mol. The van der Waals surface area contributed by atoms with Gasteiger partial charge in [0.1, 0.15) is 12.6 Å². The maximum atomic E-state index is 14.2. The highest BCUT2D eigenvalue weighted by Gasteiger charge is 2.34. The summed E-state index contributed by atoms with van der Waals surface area (Å²) in [6, 6.07) is 20.5. The molecule has 0 aliphatic heterocycles. The monoisotopic (exact) mass is 679 g/mol. The fourth-order valence-electron chi connectivity index (χ4n) is 4.98. The lowest BCUT2D eigenvalue weighted by atomic mass is 10.0. The predicted molar refractivity (Wildman–Crippen MR) is 168 cm³/mol. The standard InChI is InChI=1S/C30H32BrCl2N3O4S/c1-41(39,40)36(27-18-24(32)15-16-26(27)33)20-29(37)35(19-22-11-13-23(31)14-12-22)28(17-21-7-3-2-4-8-21)30(38)34-25-9-5-6-10-25/h2-4,7-8,11-16,18,25,28H,5-6,9-10,17,19-20H2,1H3,(H,34,38)/t28-/m0/s1. The molecule has 1 aliphatic carbocycles. The van der Waals surface area contributed by atoms with Crippen molar-refractivity contribution in [1.29, 1.82) is 0 Å². The van der Waals surface area contributed by atoms with Gasteiger partial charge in [-0.15, -0.1) is 0 Å². The molecule has 0 spiro atoms. The molecule has 1 aliphatic rings. The lowest BCUT2D eigenvalue weighted by molar-refractivity contribution is -0.140. The normalized spacial score (nSPS) is 14.4. The average Bonchev–Trinajstić information content (AvgIpc) is 3.44. The summed E-state index contributed by atoms with van der Waals surface area (Å²) < 4.78 is 27.7. The van der Waals surface area contributed by atoms with E-state index >= 15 is 0 Å². The molecule has 0 heterocycles. The molecule has 3 aromatic rings. The second kappa shape index (κ2) is 14.1. The smallest absolute Gasteiger partial charge is 0.244 e. The van der Waals surface area contributed by atoms with E-state index in [0.717, 1.165) is 51.8 Å². The molecular weight excluding hydrogens is 649 g/mol. The van der Waals surface area contributed by atoms with E-state index in [0.29, 0.717) is 0 Å². The summed E-state index contributed by atoms with van der Waals surface area (Å²) >= 11 is 16.0. The van der Waals surface area contributed by atoms with Gasteiger partial charge in [0.05, 0.1) is 17.0 Å². The van der Waals surface area contributed by atoms with Crippen LogP contribution in [-0.4, -0.2) is 50.0 Å². The van der Waals surface area contributed by atoms with Crippen LogP contribution < -0.4 is 9.62 Å². The summed E-state index contributed by atoms with van der Waals surface area (Å²) in [4.78, 5) is 29.5. The first-order chi connectivity index (χ1) is 19.5. The fourth-order valence-corrected chi connectivity index (χ4v) is 6.53. The Balaban J connectivity index is 1.74. The summed E-state index contributed by atoms with van der Waals surface area (Å²) in [6.07, 6.45) is 5.13. The Kier molecular flexibility index (Phi) is 10.7. The molecule has 0 aromatic heterocycles. The molecule has 1 N–H and O–H groups in total. The summed E-state index contributed by atoms with van der Waals surface area (Å²) in [5.74, 6) is -0.810. The van der Waals surface area contributed by atoms with Gasteiger partial charge in [-0.2, -0.15) is 0 Å². The van der Waals surface area contributed by atoms with Crippen molar-refractivity contribution in [3.8, 4) is 0 Å². The van der Waals surface area contributed by atoms with E-state index in [2.05, 4.69) is 21.2 Å². The maximum Gasteiger partial charge on any atom is 0.244 e. The van der Waals surface area contributed by atoms with E-state index in [-0.39, 0.29) is 40.6 Å². The number of carbonyl (C=O) groups is 2. The third-order valence-corrected chi connectivity index (χ3v) is 9.30. The zero-order valence-corrected chi connectivity index (χ0v) is 26.5. The topological polar surface area (TPSA) is 86.8 Å². The van der Waals surface area contributed by atoms with Crippen molar-refractivity contribution in [3.05, 3.63) is 98.4 Å². The molecule has 7 nitrogen and oxygen atoms in total. The molecule has 41 heavy (non-hydrogen) atoms. The lowest BCUT2D eigenvalue weighted by Crippen LogP contribution is -2.54. The van der Waals surface area contributed by atoms with Crippen molar-refractivity contribution in [1.82, 2.24) is 10.2 Å². The number of sulfonamides is 1. The van der Waals surface area contributed by atoms with Crippen LogP contribution in [0.4, 0.5) is 5.69 Å². The van der Waals surface area contributed by atoms with E-state index in [9.17, 15) is 18.0 Å². The first kappa shape index (κ1) is 31.3. The Bertz CT molecular complexity index is 1470. The molecule has 218 valence electrons.